The van der Waals surface area contributed by atoms with Crippen LogP contribution in [-0.2, 0) is 22.7 Å². The summed E-state index contributed by atoms with van der Waals surface area (Å²) in [5, 5.41) is 12.7. The summed E-state index contributed by atoms with van der Waals surface area (Å²) in [7, 11) is 1.65. The van der Waals surface area contributed by atoms with Gasteiger partial charge >= 0.3 is 5.97 Å². The van der Waals surface area contributed by atoms with Crippen LogP contribution in [0.5, 0.6) is 11.5 Å². The third-order valence-corrected chi connectivity index (χ3v) is 4.69. The predicted octanol–water partition coefficient (Wildman–Crippen LogP) is 4.30. The van der Waals surface area contributed by atoms with Crippen molar-refractivity contribution in [1.82, 2.24) is 20.2 Å². The number of ether oxygens (including phenoxy) is 3. The summed E-state index contributed by atoms with van der Waals surface area (Å²) >= 11 is 0. The normalized spacial score (nSPS) is 11.4. The van der Waals surface area contributed by atoms with Crippen molar-refractivity contribution in [3.8, 4) is 22.9 Å². The molecule has 32 heavy (non-hydrogen) atoms. The molecule has 0 aliphatic carbocycles. The molecule has 2 aromatic carbocycles. The second-order valence-corrected chi connectivity index (χ2v) is 8.48. The molecule has 3 rings (SSSR count). The van der Waals surface area contributed by atoms with Crippen LogP contribution in [0.4, 0.5) is 0 Å². The van der Waals surface area contributed by atoms with Gasteiger partial charge in [0, 0.05) is 12.2 Å². The number of aryl methyl sites for hydroxylation is 1. The number of carbonyl (C=O) groups excluding carboxylic acids is 1. The van der Waals surface area contributed by atoms with Gasteiger partial charge < -0.3 is 14.2 Å². The molecule has 1 aromatic heterocycles. The van der Waals surface area contributed by atoms with E-state index in [1.807, 2.05) is 57.2 Å². The summed E-state index contributed by atoms with van der Waals surface area (Å²) in [6.45, 7) is 7.33. The molecule has 0 radical (unpaired) electrons. The Bertz CT molecular complexity index is 1010. The molecule has 0 fully saturated rings. The molecule has 0 saturated heterocycles. The van der Waals surface area contributed by atoms with E-state index in [-0.39, 0.29) is 5.97 Å². The van der Waals surface area contributed by atoms with E-state index in [4.69, 9.17) is 14.2 Å². The average Bonchev–Trinajstić information content (AvgIpc) is 3.25. The molecule has 170 valence electrons. The lowest BCUT2D eigenvalue weighted by atomic mass is 9.97. The van der Waals surface area contributed by atoms with Crippen LogP contribution >= 0.6 is 0 Å². The fourth-order valence-corrected chi connectivity index (χ4v) is 2.78. The minimum absolute atomic E-state index is 0.291. The fourth-order valence-electron chi connectivity index (χ4n) is 2.78. The Labute approximate surface area is 188 Å². The van der Waals surface area contributed by atoms with Gasteiger partial charge in [0.15, 0.2) is 0 Å². The molecular formula is C24H30N4O4. The van der Waals surface area contributed by atoms with Gasteiger partial charge in [0.2, 0.25) is 5.82 Å². The van der Waals surface area contributed by atoms with Crippen LogP contribution in [0.1, 0.15) is 39.2 Å². The molecule has 0 amide bonds. The van der Waals surface area contributed by atoms with Gasteiger partial charge in [0.25, 0.3) is 0 Å². The Kier molecular flexibility index (Phi) is 7.94. The largest absolute Gasteiger partial charge is 0.497 e. The molecular weight excluding hydrogens is 408 g/mol. The summed E-state index contributed by atoms with van der Waals surface area (Å²) < 4.78 is 16.3. The summed E-state index contributed by atoms with van der Waals surface area (Å²) in [5.41, 5.74) is 1.29. The lowest BCUT2D eigenvalue weighted by Crippen LogP contribution is -2.25. The van der Waals surface area contributed by atoms with E-state index in [9.17, 15) is 4.79 Å². The van der Waals surface area contributed by atoms with Gasteiger partial charge in [-0.05, 0) is 68.7 Å². The zero-order chi connectivity index (χ0) is 23.0. The van der Waals surface area contributed by atoms with E-state index < -0.39 is 5.41 Å². The van der Waals surface area contributed by atoms with Crippen LogP contribution in [0, 0.1) is 5.41 Å². The van der Waals surface area contributed by atoms with Gasteiger partial charge in [0.1, 0.15) is 11.5 Å². The first kappa shape index (κ1) is 23.4. The Hall–Kier alpha value is -3.26. The highest BCUT2D eigenvalue weighted by Crippen LogP contribution is 2.23. The van der Waals surface area contributed by atoms with Crippen molar-refractivity contribution in [3.05, 3.63) is 54.1 Å². The number of hydrogen-bond donors (Lipinski definition) is 0. The second-order valence-electron chi connectivity index (χ2n) is 8.48. The second kappa shape index (κ2) is 10.9. The van der Waals surface area contributed by atoms with Crippen LogP contribution < -0.4 is 9.47 Å². The molecule has 0 aliphatic rings. The molecule has 0 N–H and O–H groups in total. The number of esters is 1. The molecule has 0 spiro atoms. The maximum Gasteiger partial charge on any atom is 0.316 e. The number of nitrogens with zero attached hydrogens (tertiary/aromatic N) is 4. The predicted molar refractivity (Wildman–Crippen MR) is 120 cm³/mol. The van der Waals surface area contributed by atoms with Crippen molar-refractivity contribution in [3.63, 3.8) is 0 Å². The Morgan fingerprint density at radius 3 is 2.53 bits per heavy atom. The standard InChI is InChI=1S/C24H30N4O4/c1-24(2,3)23(29)32-21-9-7-8-19(16-21)22-25-27-28(26-22)14-5-6-15-31-17-18-10-12-20(30-4)13-11-18/h7-13,16H,5-6,14-15,17H2,1-4H3. The van der Waals surface area contributed by atoms with Gasteiger partial charge in [-0.1, -0.05) is 24.3 Å². The number of rotatable bonds is 10. The lowest BCUT2D eigenvalue weighted by Gasteiger charge is -2.16. The number of unbranched alkanes of at least 4 members (excludes halogenated alkanes) is 1. The SMILES string of the molecule is COc1ccc(COCCCCn2nnc(-c3cccc(OC(=O)C(C)(C)C)c3)n2)cc1. The number of hydrogen-bond acceptors (Lipinski definition) is 7. The highest BCUT2D eigenvalue weighted by atomic mass is 16.5. The topological polar surface area (TPSA) is 88.4 Å². The smallest absolute Gasteiger partial charge is 0.316 e. The van der Waals surface area contributed by atoms with E-state index in [0.717, 1.165) is 29.7 Å². The van der Waals surface area contributed by atoms with Gasteiger partial charge in [-0.3, -0.25) is 4.79 Å². The van der Waals surface area contributed by atoms with Gasteiger partial charge in [-0.15, -0.1) is 10.2 Å². The Balaban J connectivity index is 1.42. The van der Waals surface area contributed by atoms with Gasteiger partial charge in [0.05, 0.1) is 25.7 Å². The van der Waals surface area contributed by atoms with Crippen molar-refractivity contribution >= 4 is 5.97 Å². The molecule has 8 nitrogen and oxygen atoms in total. The van der Waals surface area contributed by atoms with E-state index in [0.29, 0.717) is 31.3 Å². The van der Waals surface area contributed by atoms with Crippen molar-refractivity contribution in [2.24, 2.45) is 5.41 Å². The van der Waals surface area contributed by atoms with Crippen molar-refractivity contribution < 1.29 is 19.0 Å². The third-order valence-electron chi connectivity index (χ3n) is 4.69. The molecule has 8 heteroatoms. The number of aromatic nitrogens is 4. The van der Waals surface area contributed by atoms with Gasteiger partial charge in [-0.25, -0.2) is 0 Å². The maximum atomic E-state index is 12.1. The Morgan fingerprint density at radius 2 is 1.81 bits per heavy atom. The van der Waals surface area contributed by atoms with Crippen molar-refractivity contribution in [2.45, 2.75) is 46.8 Å². The number of tetrazole rings is 1. The molecule has 0 bridgehead atoms. The molecule has 0 aliphatic heterocycles. The van der Waals surface area contributed by atoms with E-state index >= 15 is 0 Å². The fraction of sp³-hybridized carbons (Fsp3) is 0.417. The monoisotopic (exact) mass is 438 g/mol. The first-order valence-electron chi connectivity index (χ1n) is 10.7. The Morgan fingerprint density at radius 1 is 1.03 bits per heavy atom. The summed E-state index contributed by atoms with van der Waals surface area (Å²) in [5.74, 6) is 1.51. The number of carbonyl (C=O) groups is 1. The third kappa shape index (κ3) is 6.88. The zero-order valence-corrected chi connectivity index (χ0v) is 19.1. The van der Waals surface area contributed by atoms with Crippen LogP contribution in [-0.4, -0.2) is 39.9 Å². The van der Waals surface area contributed by atoms with E-state index in [1.165, 1.54) is 0 Å². The van der Waals surface area contributed by atoms with Crippen LogP contribution in [0.2, 0.25) is 0 Å². The van der Waals surface area contributed by atoms with Crippen LogP contribution in [0.15, 0.2) is 48.5 Å². The molecule has 0 unspecified atom stereocenters. The summed E-state index contributed by atoms with van der Waals surface area (Å²) in [4.78, 5) is 13.7. The molecule has 3 aromatic rings. The van der Waals surface area contributed by atoms with Crippen LogP contribution in [0.25, 0.3) is 11.4 Å². The van der Waals surface area contributed by atoms with Crippen molar-refractivity contribution in [2.75, 3.05) is 13.7 Å². The lowest BCUT2D eigenvalue weighted by molar-refractivity contribution is -0.142. The van der Waals surface area contributed by atoms with E-state index in [1.54, 1.807) is 24.0 Å². The average molecular weight is 439 g/mol. The minimum atomic E-state index is -0.574. The first-order chi connectivity index (χ1) is 15.3. The highest BCUT2D eigenvalue weighted by Gasteiger charge is 2.23. The maximum absolute atomic E-state index is 12.1. The highest BCUT2D eigenvalue weighted by molar-refractivity contribution is 5.78. The number of methoxy groups -OCH3 is 1. The van der Waals surface area contributed by atoms with Crippen LogP contribution in [0.3, 0.4) is 0 Å². The first-order valence-corrected chi connectivity index (χ1v) is 10.7. The molecule has 0 atom stereocenters. The summed E-state index contributed by atoms with van der Waals surface area (Å²) in [6.07, 6.45) is 1.77. The van der Waals surface area contributed by atoms with Gasteiger partial charge in [-0.2, -0.15) is 4.80 Å². The zero-order valence-electron chi connectivity index (χ0n) is 19.1. The number of benzene rings is 2. The quantitative estimate of drug-likeness (QED) is 0.265. The molecule has 1 heterocycles. The summed E-state index contributed by atoms with van der Waals surface area (Å²) in [6, 6.07) is 15.0. The van der Waals surface area contributed by atoms with Crippen molar-refractivity contribution in [1.29, 1.82) is 0 Å². The molecule has 0 saturated carbocycles. The minimum Gasteiger partial charge on any atom is -0.497 e. The van der Waals surface area contributed by atoms with E-state index in [2.05, 4.69) is 15.4 Å².